The maximum atomic E-state index is 9.15. The zero-order chi connectivity index (χ0) is 11.9. The number of benzene rings is 1. The van der Waals surface area contributed by atoms with E-state index in [0.717, 1.165) is 22.2 Å². The van der Waals surface area contributed by atoms with Gasteiger partial charge in [0.15, 0.2) is 0 Å². The molecule has 1 unspecified atom stereocenters. The largest absolute Gasteiger partial charge is 0.394 e. The summed E-state index contributed by atoms with van der Waals surface area (Å²) in [5, 5.41) is 11.0. The van der Waals surface area contributed by atoms with Gasteiger partial charge in [-0.25, -0.2) is 0 Å². The van der Waals surface area contributed by atoms with Crippen LogP contribution in [0, 0.1) is 6.92 Å². The van der Waals surface area contributed by atoms with Crippen molar-refractivity contribution in [2.75, 3.05) is 6.61 Å². The molecule has 0 fully saturated rings. The number of aliphatic hydroxyl groups is 1. The van der Waals surface area contributed by atoms with Crippen LogP contribution in [0.4, 0.5) is 0 Å². The number of nitrogens with two attached hydrogens (primary N) is 1. The first kappa shape index (κ1) is 11.5. The minimum atomic E-state index is -0.351. The predicted molar refractivity (Wildman–Crippen MR) is 66.7 cm³/mol. The summed E-state index contributed by atoms with van der Waals surface area (Å²) in [5.74, 6) is 0. The fourth-order valence-electron chi connectivity index (χ4n) is 2.23. The summed E-state index contributed by atoms with van der Waals surface area (Å²) < 4.78 is 2.02. The average molecular weight is 239 g/mol. The molecule has 86 valence electrons. The van der Waals surface area contributed by atoms with Gasteiger partial charge in [0.1, 0.15) is 0 Å². The van der Waals surface area contributed by atoms with Gasteiger partial charge in [-0.2, -0.15) is 0 Å². The van der Waals surface area contributed by atoms with Crippen LogP contribution >= 0.6 is 11.6 Å². The van der Waals surface area contributed by atoms with E-state index in [1.165, 1.54) is 0 Å². The highest BCUT2D eigenvalue weighted by molar-refractivity contribution is 6.31. The third-order valence-electron chi connectivity index (χ3n) is 3.02. The third-order valence-corrected chi connectivity index (χ3v) is 3.25. The first-order valence-electron chi connectivity index (χ1n) is 5.17. The van der Waals surface area contributed by atoms with Crippen LogP contribution in [0.2, 0.25) is 5.02 Å². The van der Waals surface area contributed by atoms with E-state index in [0.29, 0.717) is 5.02 Å². The lowest BCUT2D eigenvalue weighted by Crippen LogP contribution is -2.18. The van der Waals surface area contributed by atoms with E-state index >= 15 is 0 Å². The Kier molecular flexibility index (Phi) is 2.93. The molecule has 1 heterocycles. The Balaban J connectivity index is 2.76. The zero-order valence-electron chi connectivity index (χ0n) is 9.37. The lowest BCUT2D eigenvalue weighted by atomic mass is 10.1. The van der Waals surface area contributed by atoms with Gasteiger partial charge in [-0.05, 0) is 30.7 Å². The number of aromatic nitrogens is 1. The van der Waals surface area contributed by atoms with Gasteiger partial charge >= 0.3 is 0 Å². The van der Waals surface area contributed by atoms with E-state index < -0.39 is 0 Å². The van der Waals surface area contributed by atoms with Gasteiger partial charge in [-0.3, -0.25) is 0 Å². The maximum absolute atomic E-state index is 9.15. The summed E-state index contributed by atoms with van der Waals surface area (Å²) in [5.41, 5.74) is 9.02. The van der Waals surface area contributed by atoms with Gasteiger partial charge in [-0.15, -0.1) is 0 Å². The molecule has 0 aliphatic rings. The van der Waals surface area contributed by atoms with Gasteiger partial charge in [0.25, 0.3) is 0 Å². The van der Waals surface area contributed by atoms with Crippen LogP contribution in [0.25, 0.3) is 10.9 Å². The quantitative estimate of drug-likeness (QED) is 0.842. The number of hydrogen-bond donors (Lipinski definition) is 2. The molecule has 0 aliphatic carbocycles. The SMILES string of the molecule is Cc1c(C(N)CO)n(C)c2ccc(Cl)cc12. The third kappa shape index (κ3) is 1.61. The highest BCUT2D eigenvalue weighted by Crippen LogP contribution is 2.29. The molecule has 0 saturated carbocycles. The molecule has 2 rings (SSSR count). The molecule has 1 atom stereocenters. The van der Waals surface area contributed by atoms with Gasteiger partial charge in [0.2, 0.25) is 0 Å². The second-order valence-corrected chi connectivity index (χ2v) is 4.46. The molecular weight excluding hydrogens is 224 g/mol. The molecule has 0 bridgehead atoms. The van der Waals surface area contributed by atoms with E-state index in [9.17, 15) is 0 Å². The summed E-state index contributed by atoms with van der Waals surface area (Å²) in [7, 11) is 1.95. The predicted octanol–water partition coefficient (Wildman–Crippen LogP) is 2.13. The average Bonchev–Trinajstić information content (AvgIpc) is 2.51. The number of rotatable bonds is 2. The molecule has 0 radical (unpaired) electrons. The van der Waals surface area contributed by atoms with Gasteiger partial charge in [0.05, 0.1) is 12.6 Å². The Hall–Kier alpha value is -1.03. The van der Waals surface area contributed by atoms with Gasteiger partial charge < -0.3 is 15.4 Å². The molecule has 1 aromatic heterocycles. The highest BCUT2D eigenvalue weighted by atomic mass is 35.5. The van der Waals surface area contributed by atoms with E-state index in [1.54, 1.807) is 0 Å². The highest BCUT2D eigenvalue weighted by Gasteiger charge is 2.16. The summed E-state index contributed by atoms with van der Waals surface area (Å²) in [4.78, 5) is 0. The number of hydrogen-bond acceptors (Lipinski definition) is 2. The van der Waals surface area contributed by atoms with Crippen molar-refractivity contribution in [1.82, 2.24) is 4.57 Å². The van der Waals surface area contributed by atoms with Crippen LogP contribution < -0.4 is 5.73 Å². The number of aryl methyl sites for hydroxylation is 2. The maximum Gasteiger partial charge on any atom is 0.0687 e. The Labute approximate surface area is 99.4 Å². The summed E-state index contributed by atoms with van der Waals surface area (Å²) >= 11 is 5.98. The van der Waals surface area contributed by atoms with Crippen molar-refractivity contribution in [2.45, 2.75) is 13.0 Å². The van der Waals surface area contributed by atoms with Crippen LogP contribution in [-0.4, -0.2) is 16.3 Å². The molecule has 0 spiro atoms. The van der Waals surface area contributed by atoms with E-state index in [-0.39, 0.29) is 12.6 Å². The fourth-order valence-corrected chi connectivity index (χ4v) is 2.41. The van der Waals surface area contributed by atoms with Gasteiger partial charge in [0, 0.05) is 28.7 Å². The first-order valence-corrected chi connectivity index (χ1v) is 5.55. The first-order chi connectivity index (χ1) is 7.56. The number of nitrogens with zero attached hydrogens (tertiary/aromatic N) is 1. The second kappa shape index (κ2) is 4.09. The fraction of sp³-hybridized carbons (Fsp3) is 0.333. The zero-order valence-corrected chi connectivity index (χ0v) is 10.1. The lowest BCUT2D eigenvalue weighted by molar-refractivity contribution is 0.264. The molecule has 3 N–H and O–H groups in total. The van der Waals surface area contributed by atoms with Crippen molar-refractivity contribution in [3.8, 4) is 0 Å². The molecule has 4 heteroatoms. The van der Waals surface area contributed by atoms with E-state index in [2.05, 4.69) is 0 Å². The summed E-state index contributed by atoms with van der Waals surface area (Å²) in [6, 6.07) is 5.41. The molecule has 0 aliphatic heterocycles. The minimum absolute atomic E-state index is 0.0568. The monoisotopic (exact) mass is 238 g/mol. The van der Waals surface area contributed by atoms with Crippen LogP contribution in [0.3, 0.4) is 0 Å². The normalized spacial score (nSPS) is 13.3. The van der Waals surface area contributed by atoms with Crippen molar-refractivity contribution >= 4 is 22.5 Å². The van der Waals surface area contributed by atoms with E-state index in [4.69, 9.17) is 22.4 Å². The second-order valence-electron chi connectivity index (χ2n) is 4.02. The van der Waals surface area contributed by atoms with Crippen molar-refractivity contribution in [2.24, 2.45) is 12.8 Å². The number of fused-ring (bicyclic) bond motifs is 1. The topological polar surface area (TPSA) is 51.2 Å². The molecule has 1 aromatic carbocycles. The number of aliphatic hydroxyl groups excluding tert-OH is 1. The Morgan fingerprint density at radius 2 is 2.19 bits per heavy atom. The smallest absolute Gasteiger partial charge is 0.0687 e. The minimum Gasteiger partial charge on any atom is -0.394 e. The Morgan fingerprint density at radius 3 is 2.81 bits per heavy atom. The van der Waals surface area contributed by atoms with Crippen LogP contribution in [0.15, 0.2) is 18.2 Å². The van der Waals surface area contributed by atoms with Crippen LogP contribution in [0.5, 0.6) is 0 Å². The Morgan fingerprint density at radius 1 is 1.50 bits per heavy atom. The van der Waals surface area contributed by atoms with Gasteiger partial charge in [-0.1, -0.05) is 11.6 Å². The van der Waals surface area contributed by atoms with Crippen LogP contribution in [0.1, 0.15) is 17.3 Å². The van der Waals surface area contributed by atoms with Crippen molar-refractivity contribution in [1.29, 1.82) is 0 Å². The van der Waals surface area contributed by atoms with Crippen molar-refractivity contribution < 1.29 is 5.11 Å². The summed E-state index contributed by atoms with van der Waals surface area (Å²) in [6.07, 6.45) is 0. The molecule has 0 amide bonds. The van der Waals surface area contributed by atoms with Crippen LogP contribution in [-0.2, 0) is 7.05 Å². The molecule has 3 nitrogen and oxygen atoms in total. The lowest BCUT2D eigenvalue weighted by Gasteiger charge is -2.11. The summed E-state index contributed by atoms with van der Waals surface area (Å²) in [6.45, 7) is 1.95. The molecular formula is C12H15ClN2O. The molecule has 2 aromatic rings. The van der Waals surface area contributed by atoms with Crippen molar-refractivity contribution in [3.05, 3.63) is 34.5 Å². The molecule has 0 saturated heterocycles. The Bertz CT molecular complexity index is 533. The number of halogens is 1. The van der Waals surface area contributed by atoms with Crippen molar-refractivity contribution in [3.63, 3.8) is 0 Å². The van der Waals surface area contributed by atoms with E-state index in [1.807, 2.05) is 36.7 Å². The standard InChI is InChI=1S/C12H15ClN2O/c1-7-9-5-8(13)3-4-11(9)15(2)12(7)10(14)6-16/h3-5,10,16H,6,14H2,1-2H3. The molecule has 16 heavy (non-hydrogen) atoms.